The molecule has 1 saturated carbocycles. The second-order valence-corrected chi connectivity index (χ2v) is 9.84. The van der Waals surface area contributed by atoms with Crippen molar-refractivity contribution < 1.29 is 14.0 Å². The van der Waals surface area contributed by atoms with Gasteiger partial charge in [-0.1, -0.05) is 43.5 Å². The van der Waals surface area contributed by atoms with Gasteiger partial charge in [-0.3, -0.25) is 9.59 Å². The van der Waals surface area contributed by atoms with Gasteiger partial charge in [0.05, 0.1) is 17.4 Å². The molecule has 0 saturated heterocycles. The molecule has 1 unspecified atom stereocenters. The van der Waals surface area contributed by atoms with Gasteiger partial charge in [-0.15, -0.1) is 11.8 Å². The number of rotatable bonds is 9. The molecule has 1 fully saturated rings. The molecule has 2 amide bonds. The molecule has 0 aliphatic heterocycles. The number of carbonyl (C=O) groups excluding carboxylic acids is 2. The highest BCUT2D eigenvalue weighted by molar-refractivity contribution is 8.00. The Kier molecular flexibility index (Phi) is 9.32. The Morgan fingerprint density at radius 2 is 1.79 bits per heavy atom. The third-order valence-corrected chi connectivity index (χ3v) is 7.37. The van der Waals surface area contributed by atoms with Crippen molar-refractivity contribution in [3.63, 3.8) is 0 Å². The van der Waals surface area contributed by atoms with Crippen LogP contribution in [0.1, 0.15) is 54.1 Å². The third kappa shape index (κ3) is 7.05. The summed E-state index contributed by atoms with van der Waals surface area (Å²) in [5.74, 6) is -0.0911. The fraction of sp³-hybridized carbons (Fsp3) is 0.462. The highest BCUT2D eigenvalue weighted by Gasteiger charge is 2.23. The van der Waals surface area contributed by atoms with Gasteiger partial charge in [-0.2, -0.15) is 0 Å². The van der Waals surface area contributed by atoms with Crippen molar-refractivity contribution in [1.29, 1.82) is 0 Å². The lowest BCUT2D eigenvalue weighted by Crippen LogP contribution is -2.39. The Bertz CT molecular complexity index is 947. The van der Waals surface area contributed by atoms with Gasteiger partial charge >= 0.3 is 0 Å². The highest BCUT2D eigenvalue weighted by atomic mass is 32.2. The molecule has 3 rings (SSSR count). The van der Waals surface area contributed by atoms with E-state index in [1.165, 1.54) is 43.2 Å². The fourth-order valence-electron chi connectivity index (χ4n) is 4.29. The molecular weight excluding hydrogens is 437 g/mol. The average molecular weight is 472 g/mol. The average Bonchev–Trinajstić information content (AvgIpc) is 2.82. The lowest BCUT2D eigenvalue weighted by atomic mass is 9.94. The van der Waals surface area contributed by atoms with Crippen LogP contribution >= 0.6 is 11.8 Å². The van der Waals surface area contributed by atoms with Gasteiger partial charge < -0.3 is 15.1 Å². The fourth-order valence-corrected chi connectivity index (χ4v) is 5.26. The normalized spacial score (nSPS) is 15.3. The van der Waals surface area contributed by atoms with Gasteiger partial charge in [0.15, 0.2) is 0 Å². The summed E-state index contributed by atoms with van der Waals surface area (Å²) in [6.45, 7) is 0.345. The van der Waals surface area contributed by atoms with E-state index in [1.807, 2.05) is 55.2 Å². The van der Waals surface area contributed by atoms with Crippen LogP contribution in [0.25, 0.3) is 0 Å². The van der Waals surface area contributed by atoms with Crippen LogP contribution in [0.4, 0.5) is 4.39 Å². The van der Waals surface area contributed by atoms with Crippen molar-refractivity contribution in [3.8, 4) is 0 Å². The van der Waals surface area contributed by atoms with Crippen LogP contribution in [0.3, 0.4) is 0 Å². The lowest BCUT2D eigenvalue weighted by molar-refractivity contribution is -0.129. The monoisotopic (exact) mass is 471 g/mol. The van der Waals surface area contributed by atoms with E-state index in [2.05, 4.69) is 5.32 Å². The number of nitrogens with zero attached hydrogens (tertiary/aromatic N) is 2. The van der Waals surface area contributed by atoms with Gasteiger partial charge in [0.25, 0.3) is 5.91 Å². The zero-order valence-corrected chi connectivity index (χ0v) is 20.5. The maximum Gasteiger partial charge on any atom is 0.252 e. The topological polar surface area (TPSA) is 52.7 Å². The molecule has 1 aliphatic rings. The summed E-state index contributed by atoms with van der Waals surface area (Å²) in [7, 11) is 5.70. The van der Waals surface area contributed by atoms with Crippen LogP contribution in [-0.4, -0.2) is 61.1 Å². The first-order chi connectivity index (χ1) is 15.9. The van der Waals surface area contributed by atoms with Crippen LogP contribution in [0.15, 0.2) is 53.4 Å². The molecule has 0 bridgehead atoms. The molecule has 0 radical (unpaired) electrons. The van der Waals surface area contributed by atoms with Crippen LogP contribution in [0, 0.1) is 5.82 Å². The van der Waals surface area contributed by atoms with E-state index >= 15 is 0 Å². The molecule has 0 heterocycles. The first-order valence-electron chi connectivity index (χ1n) is 11.5. The van der Waals surface area contributed by atoms with Crippen molar-refractivity contribution in [2.75, 3.05) is 33.4 Å². The molecule has 7 heteroatoms. The van der Waals surface area contributed by atoms with Crippen LogP contribution in [0.5, 0.6) is 0 Å². The van der Waals surface area contributed by atoms with E-state index in [0.717, 1.165) is 23.3 Å². The molecule has 178 valence electrons. The summed E-state index contributed by atoms with van der Waals surface area (Å²) in [4.78, 5) is 30.4. The quantitative estimate of drug-likeness (QED) is 0.537. The third-order valence-electron chi connectivity index (χ3n) is 6.31. The van der Waals surface area contributed by atoms with Crippen molar-refractivity contribution in [2.45, 2.75) is 49.1 Å². The number of nitrogens with one attached hydrogen (secondary N) is 1. The Morgan fingerprint density at radius 1 is 1.06 bits per heavy atom. The van der Waals surface area contributed by atoms with E-state index in [4.69, 9.17) is 0 Å². The zero-order chi connectivity index (χ0) is 23.8. The summed E-state index contributed by atoms with van der Waals surface area (Å²) in [5.41, 5.74) is 1.35. The molecule has 2 aromatic rings. The van der Waals surface area contributed by atoms with Gasteiger partial charge in [-0.25, -0.2) is 4.39 Å². The smallest absolute Gasteiger partial charge is 0.252 e. The number of amides is 2. The molecule has 5 nitrogen and oxygen atoms in total. The number of benzene rings is 2. The summed E-state index contributed by atoms with van der Waals surface area (Å²) in [5, 5.41) is 2.99. The van der Waals surface area contributed by atoms with Crippen LogP contribution in [-0.2, 0) is 4.79 Å². The molecule has 0 spiro atoms. The minimum Gasteiger partial charge on any atom is -0.350 e. The minimum absolute atomic E-state index is 0.0980. The van der Waals surface area contributed by atoms with E-state index < -0.39 is 0 Å². The summed E-state index contributed by atoms with van der Waals surface area (Å²) in [6.07, 6.45) is 5.77. The van der Waals surface area contributed by atoms with Crippen LogP contribution < -0.4 is 5.32 Å². The first-order valence-corrected chi connectivity index (χ1v) is 12.5. The highest BCUT2D eigenvalue weighted by Crippen LogP contribution is 2.26. The van der Waals surface area contributed by atoms with Gasteiger partial charge in [0.1, 0.15) is 5.82 Å². The standard InChI is InChI=1S/C26H34FN3O2S/c1-29(2)23(19-10-9-11-20(27)16-19)17-28-26(32)22-14-7-8-15-24(22)33-18-25(31)30(3)21-12-5-4-6-13-21/h7-11,14-16,21,23H,4-6,12-13,17-18H2,1-3H3,(H,28,32). The number of likely N-dealkylation sites (N-methyl/N-ethyl adjacent to an activating group) is 1. The molecule has 1 N–H and O–H groups in total. The molecule has 1 atom stereocenters. The summed E-state index contributed by atoms with van der Waals surface area (Å²) in [6, 6.07) is 14.0. The Labute approximate surface area is 200 Å². The Hall–Kier alpha value is -2.38. The predicted octanol–water partition coefficient (Wildman–Crippen LogP) is 4.74. The second-order valence-electron chi connectivity index (χ2n) is 8.83. The van der Waals surface area contributed by atoms with E-state index in [9.17, 15) is 14.0 Å². The minimum atomic E-state index is -0.296. The maximum absolute atomic E-state index is 13.7. The van der Waals surface area contributed by atoms with Crippen molar-refractivity contribution in [3.05, 3.63) is 65.5 Å². The molecule has 0 aromatic heterocycles. The largest absolute Gasteiger partial charge is 0.350 e. The van der Waals surface area contributed by atoms with Crippen molar-refractivity contribution >= 4 is 23.6 Å². The number of carbonyl (C=O) groups is 2. The van der Waals surface area contributed by atoms with E-state index in [1.54, 1.807) is 12.1 Å². The van der Waals surface area contributed by atoms with E-state index in [0.29, 0.717) is 23.9 Å². The van der Waals surface area contributed by atoms with Crippen molar-refractivity contribution in [2.24, 2.45) is 0 Å². The van der Waals surface area contributed by atoms with Gasteiger partial charge in [0.2, 0.25) is 5.91 Å². The number of thioether (sulfide) groups is 1. The Balaban J connectivity index is 1.61. The molecule has 33 heavy (non-hydrogen) atoms. The molecular formula is C26H34FN3O2S. The first kappa shape index (κ1) is 25.2. The number of hydrogen-bond donors (Lipinski definition) is 1. The molecule has 2 aromatic carbocycles. The Morgan fingerprint density at radius 3 is 2.48 bits per heavy atom. The SMILES string of the molecule is CN(C)C(CNC(=O)c1ccccc1SCC(=O)N(C)C1CCCCC1)c1cccc(F)c1. The predicted molar refractivity (Wildman–Crippen MR) is 132 cm³/mol. The molecule has 1 aliphatic carbocycles. The van der Waals surface area contributed by atoms with Crippen molar-refractivity contribution in [1.82, 2.24) is 15.1 Å². The summed E-state index contributed by atoms with van der Waals surface area (Å²) < 4.78 is 13.7. The van der Waals surface area contributed by atoms with E-state index in [-0.39, 0.29) is 23.7 Å². The van der Waals surface area contributed by atoms with Gasteiger partial charge in [-0.05, 0) is 56.8 Å². The number of halogens is 1. The number of hydrogen-bond acceptors (Lipinski definition) is 4. The zero-order valence-electron chi connectivity index (χ0n) is 19.7. The second kappa shape index (κ2) is 12.2. The van der Waals surface area contributed by atoms with Gasteiger partial charge in [0, 0.05) is 24.5 Å². The van der Waals surface area contributed by atoms with Crippen LogP contribution in [0.2, 0.25) is 0 Å². The lowest BCUT2D eigenvalue weighted by Gasteiger charge is -2.31. The maximum atomic E-state index is 13.7. The summed E-state index contributed by atoms with van der Waals surface area (Å²) >= 11 is 1.40.